The fraction of sp³-hybridized carbons (Fsp3) is 0.488. The van der Waals surface area contributed by atoms with Gasteiger partial charge in [0.2, 0.25) is 23.6 Å². The molecule has 16 nitrogen and oxygen atoms in total. The SMILES string of the molecule is CC(C)=CC[C@@H]1NC(=O)C2CCCN2C(=O)[C@@H](N=C([O-])OCC2c3ccccc3-c3ccccc32)CCCC[C@@H](C(=O)O)NC(=O)[C@H](CCCN=C(N)N)NC1=O. The van der Waals surface area contributed by atoms with Crippen molar-refractivity contribution in [2.24, 2.45) is 21.5 Å². The number of nitrogens with zero attached hydrogens (tertiary/aromatic N) is 3. The summed E-state index contributed by atoms with van der Waals surface area (Å²) in [6.07, 6.45) is 2.68. The van der Waals surface area contributed by atoms with Crippen LogP contribution in [0.2, 0.25) is 0 Å². The van der Waals surface area contributed by atoms with Crippen LogP contribution >= 0.6 is 0 Å². The van der Waals surface area contributed by atoms with Gasteiger partial charge in [0.15, 0.2) is 5.96 Å². The Morgan fingerprint density at radius 1 is 0.895 bits per heavy atom. The van der Waals surface area contributed by atoms with E-state index in [9.17, 15) is 34.2 Å². The Bertz CT molecular complexity index is 1840. The standard InChI is InChI=1S/C41H54N8O8/c1-24(2)19-20-31-36(51)45-30(17-9-21-44-40(42)43)35(50)47-33(39(54)55)16-8-7-15-32(38(53)49-22-10-18-34(49)37(52)46-31)48-41(56)57-23-29-27-13-5-3-11-25(27)26-12-4-6-14-28(26)29/h3-6,11-14,19,29-34H,7-10,15-18,20-23H2,1-2H3,(H,45,51)(H,46,52)(H,47,50)(H,48,56)(H,54,55)(H4,42,43,44)/p-1/t30-,31-,32-,33-,34?/m0/s1. The number of nitrogens with one attached hydrogen (secondary N) is 3. The second-order valence-corrected chi connectivity index (χ2v) is 14.9. The number of carbonyl (C=O) groups is 5. The number of rotatable bonds is 10. The summed E-state index contributed by atoms with van der Waals surface area (Å²) in [5.41, 5.74) is 15.9. The van der Waals surface area contributed by atoms with Crippen LogP contribution in [-0.4, -0.2) is 102 Å². The molecule has 2 fully saturated rings. The highest BCUT2D eigenvalue weighted by molar-refractivity contribution is 5.96. The predicted octanol–water partition coefficient (Wildman–Crippen LogP) is 1.41. The van der Waals surface area contributed by atoms with Crippen molar-refractivity contribution in [2.45, 2.75) is 108 Å². The molecule has 4 amide bonds. The summed E-state index contributed by atoms with van der Waals surface area (Å²) in [4.78, 5) is 77.3. The first-order chi connectivity index (χ1) is 27.3. The fourth-order valence-corrected chi connectivity index (χ4v) is 7.61. The number of aliphatic imine (C=N–C) groups is 2. The quantitative estimate of drug-likeness (QED) is 0.0874. The summed E-state index contributed by atoms with van der Waals surface area (Å²) in [6.45, 7) is 4.06. The molecular weight excluding hydrogens is 732 g/mol. The minimum atomic E-state index is -1.32. The van der Waals surface area contributed by atoms with E-state index in [1.54, 1.807) is 6.08 Å². The van der Waals surface area contributed by atoms with Gasteiger partial charge in [-0.15, -0.1) is 0 Å². The molecule has 8 N–H and O–H groups in total. The van der Waals surface area contributed by atoms with E-state index in [2.05, 4.69) is 25.9 Å². The van der Waals surface area contributed by atoms with E-state index in [-0.39, 0.29) is 76.5 Å². The Morgan fingerprint density at radius 2 is 1.53 bits per heavy atom. The van der Waals surface area contributed by atoms with Gasteiger partial charge < -0.3 is 47.3 Å². The number of hydrogen-bond donors (Lipinski definition) is 6. The van der Waals surface area contributed by atoms with Gasteiger partial charge in [0.25, 0.3) is 0 Å². The van der Waals surface area contributed by atoms with E-state index in [4.69, 9.17) is 16.2 Å². The average molecular weight is 786 g/mol. The van der Waals surface area contributed by atoms with Crippen LogP contribution in [0.25, 0.3) is 11.1 Å². The molecular formula is C41H53N8O8-. The Morgan fingerprint density at radius 3 is 2.18 bits per heavy atom. The molecule has 2 heterocycles. The molecule has 2 aromatic rings. The van der Waals surface area contributed by atoms with Gasteiger partial charge in [-0.05, 0) is 81.0 Å². The number of carboxylic acids is 1. The first-order valence-electron chi connectivity index (χ1n) is 19.5. The highest BCUT2D eigenvalue weighted by Gasteiger charge is 2.39. The number of nitrogens with two attached hydrogens (primary N) is 2. The second kappa shape index (κ2) is 19.8. The molecule has 0 aromatic heterocycles. The van der Waals surface area contributed by atoms with Crippen LogP contribution in [0.3, 0.4) is 0 Å². The number of guanidine groups is 1. The molecule has 2 saturated heterocycles. The molecule has 5 atom stereocenters. The molecule has 0 saturated carbocycles. The highest BCUT2D eigenvalue weighted by atomic mass is 16.6. The summed E-state index contributed by atoms with van der Waals surface area (Å²) in [5.74, 6) is -4.14. The molecule has 0 bridgehead atoms. The minimum absolute atomic E-state index is 0.00281. The summed E-state index contributed by atoms with van der Waals surface area (Å²) in [5, 5.41) is 31.5. The zero-order valence-electron chi connectivity index (χ0n) is 32.4. The van der Waals surface area contributed by atoms with Gasteiger partial charge in [0.05, 0.1) is 0 Å². The molecule has 57 heavy (non-hydrogen) atoms. The summed E-state index contributed by atoms with van der Waals surface area (Å²) in [7, 11) is 0. The second-order valence-electron chi connectivity index (χ2n) is 14.9. The van der Waals surface area contributed by atoms with E-state index in [1.807, 2.05) is 62.4 Å². The smallest absolute Gasteiger partial charge is 0.326 e. The van der Waals surface area contributed by atoms with Gasteiger partial charge in [-0.2, -0.15) is 0 Å². The van der Waals surface area contributed by atoms with Crippen LogP contribution in [0.5, 0.6) is 0 Å². The molecule has 1 aliphatic carbocycles. The monoisotopic (exact) mass is 785 g/mol. The largest absolute Gasteiger partial charge is 0.599 e. The lowest BCUT2D eigenvalue weighted by Crippen LogP contribution is -2.57. The number of aliphatic carboxylic acids is 1. The maximum absolute atomic E-state index is 14.2. The number of carboxylic acid groups (broad SMARTS) is 1. The van der Waals surface area contributed by atoms with E-state index in [1.165, 1.54) is 4.90 Å². The Hall–Kier alpha value is -5.93. The van der Waals surface area contributed by atoms with Crippen molar-refractivity contribution in [3.05, 3.63) is 71.3 Å². The fourth-order valence-electron chi connectivity index (χ4n) is 7.61. The predicted molar refractivity (Wildman–Crippen MR) is 211 cm³/mol. The molecule has 0 spiro atoms. The van der Waals surface area contributed by atoms with E-state index in [0.717, 1.165) is 27.8 Å². The molecule has 1 unspecified atom stereocenters. The van der Waals surface area contributed by atoms with Crippen LogP contribution in [-0.2, 0) is 28.7 Å². The molecule has 16 heteroatoms. The van der Waals surface area contributed by atoms with Crippen molar-refractivity contribution < 1.29 is 38.9 Å². The van der Waals surface area contributed by atoms with Crippen LogP contribution in [0.15, 0.2) is 70.2 Å². The van der Waals surface area contributed by atoms with Crippen molar-refractivity contribution in [1.82, 2.24) is 20.9 Å². The number of ether oxygens (including phenoxy) is 1. The van der Waals surface area contributed by atoms with Crippen molar-refractivity contribution >= 4 is 41.6 Å². The number of amides is 4. The van der Waals surface area contributed by atoms with Gasteiger partial charge in [0.1, 0.15) is 36.3 Å². The van der Waals surface area contributed by atoms with Crippen LogP contribution in [0.1, 0.15) is 88.7 Å². The van der Waals surface area contributed by atoms with E-state index in [0.29, 0.717) is 12.8 Å². The Balaban J connectivity index is 1.40. The maximum Gasteiger partial charge on any atom is 0.326 e. The third-order valence-electron chi connectivity index (χ3n) is 10.5. The number of benzene rings is 2. The first-order valence-corrected chi connectivity index (χ1v) is 19.5. The van der Waals surface area contributed by atoms with Gasteiger partial charge in [0, 0.05) is 25.6 Å². The zero-order chi connectivity index (χ0) is 41.1. The third-order valence-corrected chi connectivity index (χ3v) is 10.5. The Kier molecular flexibility index (Phi) is 14.7. The molecule has 306 valence electrons. The van der Waals surface area contributed by atoms with Crippen molar-refractivity contribution in [2.75, 3.05) is 19.7 Å². The lowest BCUT2D eigenvalue weighted by atomic mass is 9.98. The maximum atomic E-state index is 14.2. The number of carbonyl (C=O) groups excluding carboxylic acids is 4. The topological polar surface area (TPSA) is 254 Å². The Labute approximate surface area is 332 Å². The van der Waals surface area contributed by atoms with Crippen LogP contribution < -0.4 is 32.5 Å². The van der Waals surface area contributed by atoms with E-state index < -0.39 is 65.9 Å². The first kappa shape index (κ1) is 42.2. The number of fused-ring (bicyclic) bond motifs is 4. The molecule has 0 radical (unpaired) electrons. The van der Waals surface area contributed by atoms with Crippen molar-refractivity contribution in [3.8, 4) is 11.1 Å². The molecule has 3 aliphatic rings. The van der Waals surface area contributed by atoms with Gasteiger partial charge in [-0.1, -0.05) is 73.0 Å². The van der Waals surface area contributed by atoms with Gasteiger partial charge >= 0.3 is 5.97 Å². The zero-order valence-corrected chi connectivity index (χ0v) is 32.4. The van der Waals surface area contributed by atoms with E-state index >= 15 is 0 Å². The minimum Gasteiger partial charge on any atom is -0.599 e. The van der Waals surface area contributed by atoms with Crippen molar-refractivity contribution in [3.63, 3.8) is 0 Å². The summed E-state index contributed by atoms with van der Waals surface area (Å²) < 4.78 is 5.72. The summed E-state index contributed by atoms with van der Waals surface area (Å²) in [6, 6.07) is 10.0. The van der Waals surface area contributed by atoms with Crippen LogP contribution in [0, 0.1) is 0 Å². The average Bonchev–Trinajstić information content (AvgIpc) is 3.80. The number of allylic oxidation sites excluding steroid dienone is 1. The van der Waals surface area contributed by atoms with Gasteiger partial charge in [-0.25, -0.2) is 4.79 Å². The molecule has 2 aliphatic heterocycles. The van der Waals surface area contributed by atoms with Crippen LogP contribution in [0.4, 0.5) is 0 Å². The normalized spacial score (nSPS) is 23.5. The van der Waals surface area contributed by atoms with Gasteiger partial charge in [-0.3, -0.25) is 29.2 Å². The molecule has 5 rings (SSSR count). The number of hydrogen-bond acceptors (Lipinski definition) is 9. The lowest BCUT2D eigenvalue weighted by molar-refractivity contribution is -0.251. The highest BCUT2D eigenvalue weighted by Crippen LogP contribution is 2.44. The lowest BCUT2D eigenvalue weighted by Gasteiger charge is -2.29. The third kappa shape index (κ3) is 11.1. The van der Waals surface area contributed by atoms with Crippen molar-refractivity contribution in [1.29, 1.82) is 0 Å². The summed E-state index contributed by atoms with van der Waals surface area (Å²) >= 11 is 0. The molecule has 2 aromatic carbocycles.